The van der Waals surface area contributed by atoms with E-state index < -0.39 is 0 Å². The number of aromatic nitrogens is 3. The number of nitrogens with one attached hydrogen (secondary N) is 3. The first-order chi connectivity index (χ1) is 27.8. The molecule has 268 valence electrons. The molecule has 8 aromatic rings. The second-order valence-electron chi connectivity index (χ2n) is 14.5. The van der Waals surface area contributed by atoms with Crippen LogP contribution in [-0.2, 0) is 0 Å². The van der Waals surface area contributed by atoms with E-state index in [1.165, 1.54) is 49.8 Å². The van der Waals surface area contributed by atoms with Gasteiger partial charge in [-0.15, -0.1) is 0 Å². The monoisotopic (exact) mass is 722 g/mol. The molecular formula is C50H38N6. The third-order valence-corrected chi connectivity index (χ3v) is 11.3. The fraction of sp³-hybridized carbons (Fsp3) is 0.0600. The largest absolute Gasteiger partial charge is 0.381 e. The molecule has 0 amide bonds. The van der Waals surface area contributed by atoms with E-state index in [1.807, 2.05) is 30.6 Å². The lowest BCUT2D eigenvalue weighted by atomic mass is 9.93. The second kappa shape index (κ2) is 13.2. The number of rotatable bonds is 6. The van der Waals surface area contributed by atoms with E-state index >= 15 is 0 Å². The topological polar surface area (TPSA) is 58.8 Å². The summed E-state index contributed by atoms with van der Waals surface area (Å²) >= 11 is 0. The number of benzene rings is 5. The van der Waals surface area contributed by atoms with Gasteiger partial charge in [-0.05, 0) is 107 Å². The molecule has 56 heavy (non-hydrogen) atoms. The van der Waals surface area contributed by atoms with Gasteiger partial charge < -0.3 is 25.1 Å². The lowest BCUT2D eigenvalue weighted by molar-refractivity contribution is 0.748. The highest BCUT2D eigenvalue weighted by Gasteiger charge is 2.23. The summed E-state index contributed by atoms with van der Waals surface area (Å²) in [5.74, 6) is 0. The van der Waals surface area contributed by atoms with E-state index in [1.54, 1.807) is 0 Å². The van der Waals surface area contributed by atoms with Crippen molar-refractivity contribution in [1.29, 1.82) is 0 Å². The van der Waals surface area contributed by atoms with E-state index in [4.69, 9.17) is 0 Å². The number of fused-ring (bicyclic) bond motifs is 6. The molecule has 6 nitrogen and oxygen atoms in total. The maximum atomic E-state index is 4.68. The normalized spacial score (nSPS) is 15.3. The molecule has 6 heterocycles. The second-order valence-corrected chi connectivity index (χ2v) is 14.5. The van der Waals surface area contributed by atoms with Crippen LogP contribution in [0.3, 0.4) is 0 Å². The number of hydrogen-bond acceptors (Lipinski definition) is 4. The summed E-state index contributed by atoms with van der Waals surface area (Å²) in [5, 5.41) is 13.4. The van der Waals surface area contributed by atoms with Gasteiger partial charge in [0.25, 0.3) is 0 Å². The van der Waals surface area contributed by atoms with Crippen LogP contribution in [0, 0.1) is 0 Å². The molecule has 1 atom stereocenters. The van der Waals surface area contributed by atoms with Gasteiger partial charge >= 0.3 is 0 Å². The van der Waals surface area contributed by atoms with Crippen LogP contribution in [0.1, 0.15) is 23.0 Å². The van der Waals surface area contributed by atoms with Crippen molar-refractivity contribution >= 4 is 45.3 Å². The first-order valence-corrected chi connectivity index (χ1v) is 19.3. The van der Waals surface area contributed by atoms with Crippen LogP contribution in [0.25, 0.3) is 78.8 Å². The zero-order valence-corrected chi connectivity index (χ0v) is 30.7. The molecule has 1 unspecified atom stereocenters. The van der Waals surface area contributed by atoms with Gasteiger partial charge in [0.2, 0.25) is 0 Å². The highest BCUT2D eigenvalue weighted by Crippen LogP contribution is 2.43. The summed E-state index contributed by atoms with van der Waals surface area (Å²) in [6.45, 7) is 1.59. The Morgan fingerprint density at radius 3 is 1.82 bits per heavy atom. The van der Waals surface area contributed by atoms with Crippen molar-refractivity contribution in [2.45, 2.75) is 6.04 Å². The van der Waals surface area contributed by atoms with Crippen molar-refractivity contribution in [3.05, 3.63) is 187 Å². The molecule has 5 aromatic carbocycles. The average Bonchev–Trinajstić information content (AvgIpc) is 3.79. The van der Waals surface area contributed by atoms with Crippen molar-refractivity contribution in [1.82, 2.24) is 19.4 Å². The summed E-state index contributed by atoms with van der Waals surface area (Å²) in [6.07, 6.45) is 19.2. The predicted octanol–water partition coefficient (Wildman–Crippen LogP) is 11.6. The first kappa shape index (κ1) is 32.1. The Bertz CT molecular complexity index is 2960. The SMILES string of the molecule is C1=CNC(c2ccccc2-c2ccc3c(c2)c2c(n3-c3cccc(-n4c5c(c6cc(-c7ccccc7-c7ccccn7)ccc64)NCC=C5)c3)C=CCN2)C=C1. The molecule has 0 bridgehead atoms. The minimum atomic E-state index is 0.128. The number of anilines is 2. The smallest absolute Gasteiger partial charge is 0.0708 e. The fourth-order valence-corrected chi connectivity index (χ4v) is 8.79. The quantitative estimate of drug-likeness (QED) is 0.160. The van der Waals surface area contributed by atoms with Gasteiger partial charge in [0.1, 0.15) is 0 Å². The molecule has 6 heteroatoms. The minimum Gasteiger partial charge on any atom is -0.381 e. The zero-order chi connectivity index (χ0) is 37.0. The van der Waals surface area contributed by atoms with Crippen LogP contribution < -0.4 is 16.0 Å². The molecule has 3 aromatic heterocycles. The highest BCUT2D eigenvalue weighted by molar-refractivity contribution is 6.04. The lowest BCUT2D eigenvalue weighted by Gasteiger charge is -2.20. The van der Waals surface area contributed by atoms with Gasteiger partial charge in [0.05, 0.1) is 45.5 Å². The van der Waals surface area contributed by atoms with E-state index in [0.717, 1.165) is 58.3 Å². The number of allylic oxidation sites excluding steroid dienone is 2. The summed E-state index contributed by atoms with van der Waals surface area (Å²) in [4.78, 5) is 4.68. The molecule has 11 rings (SSSR count). The van der Waals surface area contributed by atoms with Crippen molar-refractivity contribution in [3.63, 3.8) is 0 Å². The molecule has 0 aliphatic carbocycles. The van der Waals surface area contributed by atoms with Crippen LogP contribution in [0.15, 0.2) is 170 Å². The van der Waals surface area contributed by atoms with Crippen LogP contribution in [0.5, 0.6) is 0 Å². The van der Waals surface area contributed by atoms with Gasteiger partial charge in [0.15, 0.2) is 0 Å². The van der Waals surface area contributed by atoms with Gasteiger partial charge in [-0.25, -0.2) is 0 Å². The Morgan fingerprint density at radius 1 is 0.554 bits per heavy atom. The van der Waals surface area contributed by atoms with Gasteiger partial charge in [0, 0.05) is 47.0 Å². The lowest BCUT2D eigenvalue weighted by Crippen LogP contribution is -2.15. The van der Waals surface area contributed by atoms with Crippen molar-refractivity contribution in [3.8, 4) is 44.9 Å². The summed E-state index contributed by atoms with van der Waals surface area (Å²) in [5.41, 5.74) is 17.3. The Kier molecular flexibility index (Phi) is 7.59. The van der Waals surface area contributed by atoms with Crippen molar-refractivity contribution < 1.29 is 0 Å². The predicted molar refractivity (Wildman–Crippen MR) is 233 cm³/mol. The summed E-state index contributed by atoms with van der Waals surface area (Å²) in [7, 11) is 0. The maximum Gasteiger partial charge on any atom is 0.0708 e. The third kappa shape index (κ3) is 5.22. The number of pyridine rings is 1. The van der Waals surface area contributed by atoms with Gasteiger partial charge in [-0.1, -0.05) is 97.1 Å². The molecule has 3 aliphatic heterocycles. The number of nitrogens with zero attached hydrogens (tertiary/aromatic N) is 3. The number of dihydropyridines is 1. The molecule has 0 saturated heterocycles. The Hall–Kier alpha value is -7.31. The summed E-state index contributed by atoms with van der Waals surface area (Å²) < 4.78 is 4.80. The molecule has 3 aliphatic rings. The molecule has 0 spiro atoms. The van der Waals surface area contributed by atoms with E-state index in [-0.39, 0.29) is 6.04 Å². The molecule has 0 fully saturated rings. The van der Waals surface area contributed by atoms with Crippen molar-refractivity contribution in [2.75, 3.05) is 23.7 Å². The minimum absolute atomic E-state index is 0.128. The Labute approximate surface area is 325 Å². The number of hydrogen-bond donors (Lipinski definition) is 3. The molecule has 0 saturated carbocycles. The average molecular weight is 723 g/mol. The molecule has 0 radical (unpaired) electrons. The van der Waals surface area contributed by atoms with E-state index in [9.17, 15) is 0 Å². The van der Waals surface area contributed by atoms with Crippen LogP contribution in [-0.4, -0.2) is 27.2 Å². The highest BCUT2D eigenvalue weighted by atomic mass is 15.1. The van der Waals surface area contributed by atoms with Crippen LogP contribution in [0.2, 0.25) is 0 Å². The van der Waals surface area contributed by atoms with E-state index in [2.05, 4.69) is 182 Å². The third-order valence-electron chi connectivity index (χ3n) is 11.3. The van der Waals surface area contributed by atoms with E-state index in [0.29, 0.717) is 0 Å². The molecular weight excluding hydrogens is 685 g/mol. The zero-order valence-electron chi connectivity index (χ0n) is 30.7. The van der Waals surface area contributed by atoms with Gasteiger partial charge in [-0.2, -0.15) is 0 Å². The van der Waals surface area contributed by atoms with Gasteiger partial charge in [-0.3, -0.25) is 4.98 Å². The maximum absolute atomic E-state index is 4.68. The Morgan fingerprint density at radius 2 is 1.18 bits per heavy atom. The standard InChI is InChI=1S/C50H38N6/c1-3-16-39(43-18-5-7-26-51-43)37(14-1)33-22-24-45-41(30-33)49-47(20-10-28-53-49)55(45)35-12-9-13-36(32-35)56-46-25-23-34(31-42(46)50-48(56)21-11-29-54-50)38-15-2-4-17-40(38)44-19-6-8-27-52-44/h1-27,30-32,43,51,53-54H,28-29H2. The molecule has 3 N–H and O–H groups in total. The fourth-order valence-electron chi connectivity index (χ4n) is 8.79. The first-order valence-electron chi connectivity index (χ1n) is 19.3. The summed E-state index contributed by atoms with van der Waals surface area (Å²) in [6, 6.07) is 46.2. The van der Waals surface area contributed by atoms with Crippen LogP contribution in [0.4, 0.5) is 11.4 Å². The Balaban J connectivity index is 1.04. The van der Waals surface area contributed by atoms with Crippen molar-refractivity contribution in [2.24, 2.45) is 0 Å². The van der Waals surface area contributed by atoms with Crippen LogP contribution >= 0.6 is 0 Å².